The van der Waals surface area contributed by atoms with Crippen LogP contribution in [0.5, 0.6) is 0 Å². The monoisotopic (exact) mass is 211 g/mol. The summed E-state index contributed by atoms with van der Waals surface area (Å²) >= 11 is 5.36. The quantitative estimate of drug-likeness (QED) is 0.487. The predicted octanol–water partition coefficient (Wildman–Crippen LogP) is 1.06. The fourth-order valence-corrected chi connectivity index (χ4v) is 2.57. The van der Waals surface area contributed by atoms with Gasteiger partial charge in [0.25, 0.3) is 0 Å². The third-order valence-corrected chi connectivity index (χ3v) is 3.74. The normalized spacial score (nSPS) is 11.9. The summed E-state index contributed by atoms with van der Waals surface area (Å²) in [5, 5.41) is 0. The van der Waals surface area contributed by atoms with Gasteiger partial charge in [0, 0.05) is 19.0 Å². The summed E-state index contributed by atoms with van der Waals surface area (Å²) in [5.41, 5.74) is 0. The molecule has 0 saturated heterocycles. The molecule has 0 aliphatic carbocycles. The van der Waals surface area contributed by atoms with Crippen LogP contribution in [-0.4, -0.2) is 37.4 Å². The van der Waals surface area contributed by atoms with Crippen LogP contribution >= 0.6 is 11.6 Å². The number of nitrogens with zero attached hydrogens (tertiary/aromatic N) is 1. The van der Waals surface area contributed by atoms with Gasteiger partial charge in [-0.2, -0.15) is 4.31 Å². The molecular weight excluding hydrogens is 198 g/mol. The Kier molecular flexibility index (Phi) is 5.53. The van der Waals surface area contributed by atoms with E-state index >= 15 is 0 Å². The average molecular weight is 212 g/mol. The molecule has 12 heavy (non-hydrogen) atoms. The minimum atomic E-state index is -3.15. The molecule has 0 aliphatic rings. The number of likely N-dealkylation sites (N-methyl/N-ethyl adjacent to an activating group) is 1. The van der Waals surface area contributed by atoms with Crippen LogP contribution in [0.4, 0.5) is 0 Å². The lowest BCUT2D eigenvalue weighted by Gasteiger charge is -2.17. The molecule has 0 aliphatic heterocycles. The van der Waals surface area contributed by atoms with Crippen LogP contribution in [0.15, 0.2) is 12.7 Å². The van der Waals surface area contributed by atoms with Crippen molar-refractivity contribution in [1.29, 1.82) is 0 Å². The number of hydrogen-bond donors (Lipinski definition) is 0. The highest BCUT2D eigenvalue weighted by atomic mass is 35.5. The van der Waals surface area contributed by atoms with E-state index in [1.165, 1.54) is 4.31 Å². The largest absolute Gasteiger partial charge is 0.215 e. The second-order valence-electron chi connectivity index (χ2n) is 2.24. The Bertz CT molecular complexity index is 226. The van der Waals surface area contributed by atoms with Crippen molar-refractivity contribution in [1.82, 2.24) is 4.31 Å². The fourth-order valence-electron chi connectivity index (χ4n) is 0.810. The summed E-state index contributed by atoms with van der Waals surface area (Å²) in [6, 6.07) is 0. The van der Waals surface area contributed by atoms with Gasteiger partial charge in [0.2, 0.25) is 10.0 Å². The van der Waals surface area contributed by atoms with Crippen molar-refractivity contribution < 1.29 is 8.42 Å². The first-order chi connectivity index (χ1) is 5.58. The van der Waals surface area contributed by atoms with Crippen molar-refractivity contribution in [3.63, 3.8) is 0 Å². The highest BCUT2D eigenvalue weighted by Gasteiger charge is 2.17. The summed E-state index contributed by atoms with van der Waals surface area (Å²) in [6.07, 6.45) is 1.56. The van der Waals surface area contributed by atoms with E-state index in [9.17, 15) is 8.42 Å². The van der Waals surface area contributed by atoms with Crippen LogP contribution in [0.1, 0.15) is 6.92 Å². The Balaban J connectivity index is 4.37. The van der Waals surface area contributed by atoms with Gasteiger partial charge in [-0.3, -0.25) is 0 Å². The van der Waals surface area contributed by atoms with Gasteiger partial charge in [-0.15, -0.1) is 18.2 Å². The zero-order valence-electron chi connectivity index (χ0n) is 7.16. The highest BCUT2D eigenvalue weighted by Crippen LogP contribution is 2.01. The number of sulfonamides is 1. The molecule has 0 amide bonds. The van der Waals surface area contributed by atoms with Crippen LogP contribution in [0, 0.1) is 0 Å². The predicted molar refractivity (Wildman–Crippen MR) is 52.0 cm³/mol. The first kappa shape index (κ1) is 11.9. The molecule has 0 heterocycles. The molecule has 0 rings (SSSR count). The van der Waals surface area contributed by atoms with Gasteiger partial charge in [-0.05, 0) is 0 Å². The molecule has 0 N–H and O–H groups in total. The van der Waals surface area contributed by atoms with E-state index in [1.807, 2.05) is 0 Å². The summed E-state index contributed by atoms with van der Waals surface area (Å²) in [5.74, 6) is 0.131. The van der Waals surface area contributed by atoms with Gasteiger partial charge in [0.15, 0.2) is 0 Å². The molecular formula is C7H14ClNO2S. The van der Waals surface area contributed by atoms with Gasteiger partial charge in [-0.25, -0.2) is 8.42 Å². The summed E-state index contributed by atoms with van der Waals surface area (Å²) in [7, 11) is -3.15. The summed E-state index contributed by atoms with van der Waals surface area (Å²) in [4.78, 5) is 0. The SMILES string of the molecule is C=CCN(CC)S(=O)(=O)CCCl. The highest BCUT2D eigenvalue weighted by molar-refractivity contribution is 7.89. The molecule has 0 fully saturated rings. The second kappa shape index (κ2) is 5.56. The Hall–Kier alpha value is -0.0600. The minimum absolute atomic E-state index is 0.00373. The van der Waals surface area contributed by atoms with E-state index in [4.69, 9.17) is 11.6 Å². The van der Waals surface area contributed by atoms with Crippen molar-refractivity contribution >= 4 is 21.6 Å². The standard InChI is InChI=1S/C7H14ClNO2S/c1-3-6-9(4-2)12(10,11)7-5-8/h3H,1,4-7H2,2H3. The van der Waals surface area contributed by atoms with E-state index in [0.717, 1.165) is 0 Å². The maximum atomic E-state index is 11.3. The molecule has 0 spiro atoms. The molecule has 0 saturated carbocycles. The Morgan fingerprint density at radius 3 is 2.50 bits per heavy atom. The summed E-state index contributed by atoms with van der Waals surface area (Å²) < 4.78 is 24.0. The third kappa shape index (κ3) is 3.56. The Morgan fingerprint density at radius 2 is 2.17 bits per heavy atom. The van der Waals surface area contributed by atoms with Crippen LogP contribution < -0.4 is 0 Å². The van der Waals surface area contributed by atoms with Crippen molar-refractivity contribution in [2.45, 2.75) is 6.92 Å². The van der Waals surface area contributed by atoms with Gasteiger partial charge in [0.1, 0.15) is 0 Å². The lowest BCUT2D eigenvalue weighted by molar-refractivity contribution is 0.461. The smallest absolute Gasteiger partial charge is 0.212 e. The Morgan fingerprint density at radius 1 is 1.58 bits per heavy atom. The van der Waals surface area contributed by atoms with Gasteiger partial charge in [0.05, 0.1) is 5.75 Å². The molecule has 0 bridgehead atoms. The molecule has 5 heteroatoms. The lowest BCUT2D eigenvalue weighted by Crippen LogP contribution is -2.33. The third-order valence-electron chi connectivity index (χ3n) is 1.41. The average Bonchev–Trinajstić information content (AvgIpc) is 1.99. The van der Waals surface area contributed by atoms with Gasteiger partial charge in [-0.1, -0.05) is 13.0 Å². The maximum absolute atomic E-state index is 11.3. The second-order valence-corrected chi connectivity index (χ2v) is 4.71. The summed E-state index contributed by atoms with van der Waals surface area (Å²) in [6.45, 7) is 6.09. The molecule has 0 radical (unpaired) electrons. The van der Waals surface area contributed by atoms with Crippen molar-refractivity contribution in [2.75, 3.05) is 24.7 Å². The number of hydrogen-bond acceptors (Lipinski definition) is 2. The number of alkyl halides is 1. The van der Waals surface area contributed by atoms with Crippen molar-refractivity contribution in [3.8, 4) is 0 Å². The van der Waals surface area contributed by atoms with Crippen molar-refractivity contribution in [2.24, 2.45) is 0 Å². The molecule has 0 aromatic carbocycles. The topological polar surface area (TPSA) is 37.4 Å². The number of halogens is 1. The fraction of sp³-hybridized carbons (Fsp3) is 0.714. The van der Waals surface area contributed by atoms with Crippen LogP contribution in [-0.2, 0) is 10.0 Å². The molecule has 3 nitrogen and oxygen atoms in total. The first-order valence-electron chi connectivity index (χ1n) is 3.73. The zero-order chi connectivity index (χ0) is 9.61. The van der Waals surface area contributed by atoms with Crippen LogP contribution in [0.3, 0.4) is 0 Å². The molecule has 0 unspecified atom stereocenters. The lowest BCUT2D eigenvalue weighted by atomic mass is 10.6. The van der Waals surface area contributed by atoms with Gasteiger partial charge >= 0.3 is 0 Å². The zero-order valence-corrected chi connectivity index (χ0v) is 8.74. The number of rotatable bonds is 6. The first-order valence-corrected chi connectivity index (χ1v) is 5.87. The molecule has 0 atom stereocenters. The van der Waals surface area contributed by atoms with Gasteiger partial charge < -0.3 is 0 Å². The van der Waals surface area contributed by atoms with Crippen LogP contribution in [0.25, 0.3) is 0 Å². The molecule has 0 aromatic rings. The molecule has 72 valence electrons. The van der Waals surface area contributed by atoms with E-state index in [-0.39, 0.29) is 11.6 Å². The van der Waals surface area contributed by atoms with E-state index in [2.05, 4.69) is 6.58 Å². The Labute approximate surface area is 79.1 Å². The maximum Gasteiger partial charge on any atom is 0.215 e. The van der Waals surface area contributed by atoms with Crippen LogP contribution in [0.2, 0.25) is 0 Å². The minimum Gasteiger partial charge on any atom is -0.212 e. The molecule has 0 aromatic heterocycles. The van der Waals surface area contributed by atoms with E-state index in [0.29, 0.717) is 13.1 Å². The van der Waals surface area contributed by atoms with Crippen molar-refractivity contribution in [3.05, 3.63) is 12.7 Å². The van der Waals surface area contributed by atoms with E-state index in [1.54, 1.807) is 13.0 Å². The van der Waals surface area contributed by atoms with E-state index < -0.39 is 10.0 Å².